The second kappa shape index (κ2) is 3.21. The molecule has 1 aliphatic heterocycles. The summed E-state index contributed by atoms with van der Waals surface area (Å²) in [6.45, 7) is -0.724. The van der Waals surface area contributed by atoms with Gasteiger partial charge in [0.1, 0.15) is 13.0 Å². The summed E-state index contributed by atoms with van der Waals surface area (Å²) in [5.41, 5.74) is 0. The van der Waals surface area contributed by atoms with Crippen LogP contribution in [0, 0.1) is 0 Å². The van der Waals surface area contributed by atoms with Gasteiger partial charge >= 0.3 is 12.0 Å². The second-order valence-electron chi connectivity index (χ2n) is 2.40. The lowest BCUT2D eigenvalue weighted by molar-refractivity contribution is -0.145. The van der Waals surface area contributed by atoms with E-state index >= 15 is 0 Å². The summed E-state index contributed by atoms with van der Waals surface area (Å²) in [6.07, 6.45) is -0.487. The molecule has 0 spiro atoms. The lowest BCUT2D eigenvalue weighted by Gasteiger charge is -2.22. The molecule has 0 bridgehead atoms. The van der Waals surface area contributed by atoms with E-state index in [1.54, 1.807) is 0 Å². The topological polar surface area (TPSA) is 104 Å². The van der Waals surface area contributed by atoms with Crippen molar-refractivity contribution in [2.45, 2.75) is 6.42 Å². The van der Waals surface area contributed by atoms with Gasteiger partial charge in [0, 0.05) is 0 Å². The van der Waals surface area contributed by atoms with Crippen LogP contribution in [0.2, 0.25) is 0 Å². The van der Waals surface area contributed by atoms with Gasteiger partial charge in [-0.1, -0.05) is 0 Å². The standard InChI is InChI=1S/C6H6N2O5/c9-3-1-4(10)8(2-5(11)12)6(13)7-3/h1-2H2,(H,11,12)(H,7,9,13). The number of hydrogen-bond acceptors (Lipinski definition) is 4. The molecule has 70 valence electrons. The Balaban J connectivity index is 2.73. The van der Waals surface area contributed by atoms with Crippen molar-refractivity contribution in [1.29, 1.82) is 0 Å². The number of aliphatic carboxylic acids is 1. The van der Waals surface area contributed by atoms with E-state index < -0.39 is 36.8 Å². The Morgan fingerprint density at radius 1 is 1.46 bits per heavy atom. The predicted octanol–water partition coefficient (Wildman–Crippen LogP) is -1.46. The third kappa shape index (κ3) is 2.01. The number of rotatable bonds is 2. The number of barbiturate groups is 1. The number of carboxylic acid groups (broad SMARTS) is 1. The normalized spacial score (nSPS) is 17.2. The minimum atomic E-state index is -1.31. The van der Waals surface area contributed by atoms with Crippen LogP contribution in [-0.4, -0.2) is 40.4 Å². The van der Waals surface area contributed by atoms with Crippen molar-refractivity contribution in [2.24, 2.45) is 0 Å². The number of hydrogen-bond donors (Lipinski definition) is 2. The fraction of sp³-hybridized carbons (Fsp3) is 0.333. The van der Waals surface area contributed by atoms with E-state index in [0.29, 0.717) is 4.90 Å². The Morgan fingerprint density at radius 3 is 2.54 bits per heavy atom. The molecule has 7 nitrogen and oxygen atoms in total. The molecule has 1 rings (SSSR count). The first-order valence-electron chi connectivity index (χ1n) is 3.36. The number of carboxylic acids is 1. The fourth-order valence-corrected chi connectivity index (χ4v) is 0.872. The predicted molar refractivity (Wildman–Crippen MR) is 37.5 cm³/mol. The summed E-state index contributed by atoms with van der Waals surface area (Å²) in [6, 6.07) is -0.983. The van der Waals surface area contributed by atoms with Crippen molar-refractivity contribution in [3.8, 4) is 0 Å². The van der Waals surface area contributed by atoms with Crippen LogP contribution in [0.5, 0.6) is 0 Å². The molecule has 0 aromatic rings. The van der Waals surface area contributed by atoms with E-state index in [9.17, 15) is 19.2 Å². The van der Waals surface area contributed by atoms with E-state index in [-0.39, 0.29) is 0 Å². The molecule has 0 aliphatic carbocycles. The van der Waals surface area contributed by atoms with E-state index in [1.165, 1.54) is 0 Å². The van der Waals surface area contributed by atoms with Gasteiger partial charge in [0.2, 0.25) is 11.8 Å². The second-order valence-corrected chi connectivity index (χ2v) is 2.40. The van der Waals surface area contributed by atoms with Crippen molar-refractivity contribution in [3.05, 3.63) is 0 Å². The van der Waals surface area contributed by atoms with Crippen LogP contribution in [-0.2, 0) is 14.4 Å². The van der Waals surface area contributed by atoms with Crippen molar-refractivity contribution >= 4 is 23.8 Å². The molecule has 13 heavy (non-hydrogen) atoms. The zero-order valence-corrected chi connectivity index (χ0v) is 6.44. The molecule has 1 heterocycles. The Kier molecular flexibility index (Phi) is 2.27. The molecule has 1 saturated heterocycles. The van der Waals surface area contributed by atoms with Gasteiger partial charge in [0.25, 0.3) is 0 Å². The lowest BCUT2D eigenvalue weighted by Crippen LogP contribution is -2.54. The Labute approximate surface area is 72.3 Å². The summed E-state index contributed by atoms with van der Waals surface area (Å²) in [7, 11) is 0. The molecule has 7 heteroatoms. The van der Waals surface area contributed by atoms with Gasteiger partial charge in [0.15, 0.2) is 0 Å². The van der Waals surface area contributed by atoms with Crippen LogP contribution in [0.4, 0.5) is 4.79 Å². The molecule has 0 saturated carbocycles. The molecule has 1 aliphatic rings. The van der Waals surface area contributed by atoms with E-state index in [4.69, 9.17) is 5.11 Å². The highest BCUT2D eigenvalue weighted by atomic mass is 16.4. The number of nitrogens with zero attached hydrogens (tertiary/aromatic N) is 1. The Morgan fingerprint density at radius 2 is 2.08 bits per heavy atom. The average molecular weight is 186 g/mol. The zero-order chi connectivity index (χ0) is 10.0. The highest BCUT2D eigenvalue weighted by Gasteiger charge is 2.31. The third-order valence-electron chi connectivity index (χ3n) is 1.40. The summed E-state index contributed by atoms with van der Waals surface area (Å²) in [5, 5.41) is 10.1. The summed E-state index contributed by atoms with van der Waals surface area (Å²) >= 11 is 0. The number of nitrogens with one attached hydrogen (secondary N) is 1. The van der Waals surface area contributed by atoms with Crippen LogP contribution in [0.25, 0.3) is 0 Å². The fourth-order valence-electron chi connectivity index (χ4n) is 0.872. The molecule has 0 radical (unpaired) electrons. The maximum absolute atomic E-state index is 10.9. The maximum Gasteiger partial charge on any atom is 0.331 e. The third-order valence-corrected chi connectivity index (χ3v) is 1.40. The molecule has 0 aromatic heterocycles. The molecule has 2 N–H and O–H groups in total. The summed E-state index contributed by atoms with van der Waals surface area (Å²) in [4.78, 5) is 43.0. The summed E-state index contributed by atoms with van der Waals surface area (Å²) < 4.78 is 0. The van der Waals surface area contributed by atoms with Gasteiger partial charge in [-0.05, 0) is 0 Å². The van der Waals surface area contributed by atoms with E-state index in [2.05, 4.69) is 0 Å². The first-order valence-corrected chi connectivity index (χ1v) is 3.36. The number of amides is 4. The minimum absolute atomic E-state index is 0.476. The van der Waals surface area contributed by atoms with Crippen LogP contribution < -0.4 is 5.32 Å². The van der Waals surface area contributed by atoms with Crippen molar-refractivity contribution in [2.75, 3.05) is 6.54 Å². The molecular weight excluding hydrogens is 180 g/mol. The number of urea groups is 1. The van der Waals surface area contributed by atoms with Gasteiger partial charge in [0.05, 0.1) is 0 Å². The average Bonchev–Trinajstić information content (AvgIpc) is 1.96. The Bertz CT molecular complexity index is 277. The smallest absolute Gasteiger partial charge is 0.331 e. The number of imide groups is 2. The van der Waals surface area contributed by atoms with Crippen LogP contribution >= 0.6 is 0 Å². The number of carbonyl (C=O) groups is 4. The van der Waals surface area contributed by atoms with Gasteiger partial charge < -0.3 is 5.11 Å². The van der Waals surface area contributed by atoms with Crippen molar-refractivity contribution < 1.29 is 24.3 Å². The highest BCUT2D eigenvalue weighted by Crippen LogP contribution is 2.01. The van der Waals surface area contributed by atoms with Crippen LogP contribution in [0.15, 0.2) is 0 Å². The number of carbonyl (C=O) groups excluding carboxylic acids is 3. The molecule has 4 amide bonds. The van der Waals surface area contributed by atoms with E-state index in [0.717, 1.165) is 0 Å². The monoisotopic (exact) mass is 186 g/mol. The molecular formula is C6H6N2O5. The minimum Gasteiger partial charge on any atom is -0.480 e. The quantitative estimate of drug-likeness (QED) is 0.513. The SMILES string of the molecule is O=C(O)CN1C(=O)CC(=O)NC1=O. The molecule has 0 aromatic carbocycles. The zero-order valence-electron chi connectivity index (χ0n) is 6.44. The Hall–Kier alpha value is -1.92. The van der Waals surface area contributed by atoms with Gasteiger partial charge in [-0.25, -0.2) is 4.79 Å². The first kappa shape index (κ1) is 9.17. The summed E-state index contributed by atoms with van der Waals surface area (Å²) in [5.74, 6) is -2.81. The largest absolute Gasteiger partial charge is 0.480 e. The van der Waals surface area contributed by atoms with Crippen molar-refractivity contribution in [3.63, 3.8) is 0 Å². The molecule has 0 atom stereocenters. The van der Waals surface area contributed by atoms with Gasteiger partial charge in [-0.2, -0.15) is 0 Å². The van der Waals surface area contributed by atoms with Crippen molar-refractivity contribution in [1.82, 2.24) is 10.2 Å². The van der Waals surface area contributed by atoms with Gasteiger partial charge in [-0.3, -0.25) is 24.6 Å². The van der Waals surface area contributed by atoms with E-state index in [1.807, 2.05) is 5.32 Å². The first-order chi connectivity index (χ1) is 6.00. The van der Waals surface area contributed by atoms with Crippen LogP contribution in [0.1, 0.15) is 6.42 Å². The molecule has 0 unspecified atom stereocenters. The van der Waals surface area contributed by atoms with Gasteiger partial charge in [-0.15, -0.1) is 0 Å². The lowest BCUT2D eigenvalue weighted by atomic mass is 10.3. The highest BCUT2D eigenvalue weighted by molar-refractivity contribution is 6.14. The maximum atomic E-state index is 10.9. The molecule has 1 fully saturated rings. The van der Waals surface area contributed by atoms with Crippen LogP contribution in [0.3, 0.4) is 0 Å².